The molecule has 0 saturated heterocycles. The predicted molar refractivity (Wildman–Crippen MR) is 90.1 cm³/mol. The molecule has 4 nitrogen and oxygen atoms in total. The summed E-state index contributed by atoms with van der Waals surface area (Å²) in [5.74, 6) is 1.03. The van der Waals surface area contributed by atoms with E-state index in [0.717, 1.165) is 28.6 Å². The lowest BCUT2D eigenvalue weighted by Crippen LogP contribution is -2.27. The minimum atomic E-state index is -3.47. The lowest BCUT2D eigenvalue weighted by atomic mass is 10.0. The van der Waals surface area contributed by atoms with Gasteiger partial charge in [-0.25, -0.2) is 13.6 Å². The van der Waals surface area contributed by atoms with Gasteiger partial charge in [-0.1, -0.05) is 43.1 Å². The van der Waals surface area contributed by atoms with Gasteiger partial charge in [0.05, 0.1) is 12.4 Å². The molecule has 0 aliphatic heterocycles. The van der Waals surface area contributed by atoms with E-state index in [1.165, 1.54) is 0 Å². The molecule has 1 rings (SSSR count). The first-order valence-corrected chi connectivity index (χ1v) is 9.66. The molecule has 21 heavy (non-hydrogen) atoms. The van der Waals surface area contributed by atoms with Gasteiger partial charge >= 0.3 is 0 Å². The molecule has 0 heterocycles. The Morgan fingerprint density at radius 2 is 2.00 bits per heavy atom. The topological polar surface area (TPSA) is 69.4 Å². The van der Waals surface area contributed by atoms with E-state index in [9.17, 15) is 8.42 Å². The Morgan fingerprint density at radius 3 is 2.52 bits per heavy atom. The van der Waals surface area contributed by atoms with Crippen molar-refractivity contribution in [2.75, 3.05) is 12.4 Å². The third-order valence-corrected chi connectivity index (χ3v) is 4.66. The predicted octanol–water partition coefficient (Wildman–Crippen LogP) is 3.66. The molecule has 0 aliphatic rings. The first kappa shape index (κ1) is 18.5. The average Bonchev–Trinajstić information content (AvgIpc) is 2.35. The van der Waals surface area contributed by atoms with Gasteiger partial charge in [0, 0.05) is 10.4 Å². The molecule has 0 saturated carbocycles. The summed E-state index contributed by atoms with van der Waals surface area (Å²) in [4.78, 5) is 0. The van der Waals surface area contributed by atoms with Crippen LogP contribution in [0.1, 0.15) is 45.1 Å². The van der Waals surface area contributed by atoms with Crippen LogP contribution in [0.5, 0.6) is 5.75 Å². The second-order valence-corrected chi connectivity index (χ2v) is 8.21. The highest BCUT2D eigenvalue weighted by Gasteiger charge is 2.17. The summed E-state index contributed by atoms with van der Waals surface area (Å²) in [5.41, 5.74) is 1.11. The van der Waals surface area contributed by atoms with Gasteiger partial charge in [0.25, 0.3) is 0 Å². The molecule has 0 bridgehead atoms. The molecule has 1 aromatic carbocycles. The highest BCUT2D eigenvalue weighted by molar-refractivity contribution is 9.10. The zero-order chi connectivity index (χ0) is 16.0. The summed E-state index contributed by atoms with van der Waals surface area (Å²) < 4.78 is 29.4. The quantitative estimate of drug-likeness (QED) is 0.751. The summed E-state index contributed by atoms with van der Waals surface area (Å²) in [7, 11) is -3.47. The van der Waals surface area contributed by atoms with Gasteiger partial charge in [0.1, 0.15) is 5.75 Å². The summed E-state index contributed by atoms with van der Waals surface area (Å²) in [5, 5.41) is 5.14. The van der Waals surface area contributed by atoms with E-state index in [0.29, 0.717) is 12.5 Å². The molecule has 1 aromatic rings. The second-order valence-electron chi connectivity index (χ2n) is 5.63. The van der Waals surface area contributed by atoms with Crippen LogP contribution in [0.15, 0.2) is 22.7 Å². The van der Waals surface area contributed by atoms with E-state index >= 15 is 0 Å². The third kappa shape index (κ3) is 6.80. The zero-order valence-electron chi connectivity index (χ0n) is 12.8. The molecule has 0 fully saturated rings. The van der Waals surface area contributed by atoms with Crippen molar-refractivity contribution in [2.45, 2.75) is 39.5 Å². The highest BCUT2D eigenvalue weighted by Crippen LogP contribution is 2.30. The molecule has 0 spiro atoms. The van der Waals surface area contributed by atoms with E-state index < -0.39 is 10.0 Å². The summed E-state index contributed by atoms with van der Waals surface area (Å²) in [6.45, 7) is 6.59. The molecule has 120 valence electrons. The lowest BCUT2D eigenvalue weighted by molar-refractivity contribution is 0.250. The maximum Gasteiger partial charge on any atom is 0.209 e. The van der Waals surface area contributed by atoms with E-state index in [1.807, 2.05) is 25.1 Å². The van der Waals surface area contributed by atoms with E-state index in [4.69, 9.17) is 9.88 Å². The maximum atomic E-state index is 11.3. The van der Waals surface area contributed by atoms with Crippen molar-refractivity contribution in [3.8, 4) is 5.75 Å². The van der Waals surface area contributed by atoms with Crippen molar-refractivity contribution in [3.63, 3.8) is 0 Å². The number of rotatable bonds is 8. The fraction of sp³-hybridized carbons (Fsp3) is 0.600. The van der Waals surface area contributed by atoms with Crippen molar-refractivity contribution < 1.29 is 13.2 Å². The Morgan fingerprint density at radius 1 is 1.33 bits per heavy atom. The largest absolute Gasteiger partial charge is 0.493 e. The highest BCUT2D eigenvalue weighted by atomic mass is 79.9. The number of halogens is 1. The number of primary sulfonamides is 1. The van der Waals surface area contributed by atoms with Crippen LogP contribution in [-0.2, 0) is 10.0 Å². The number of benzene rings is 1. The van der Waals surface area contributed by atoms with Crippen LogP contribution < -0.4 is 9.88 Å². The molecule has 6 heteroatoms. The third-order valence-electron chi connectivity index (χ3n) is 3.23. The molecule has 1 atom stereocenters. The smallest absolute Gasteiger partial charge is 0.209 e. The number of hydrogen-bond donors (Lipinski definition) is 1. The number of nitrogens with two attached hydrogens (primary N) is 1. The maximum absolute atomic E-state index is 11.3. The van der Waals surface area contributed by atoms with Crippen molar-refractivity contribution in [2.24, 2.45) is 11.1 Å². The SMILES string of the molecule is CCCC(COc1ccc(Br)cc1C(C)C)CS(N)(=O)=O. The van der Waals surface area contributed by atoms with E-state index in [1.54, 1.807) is 0 Å². The van der Waals surface area contributed by atoms with Gasteiger partial charge in [0.2, 0.25) is 10.0 Å². The van der Waals surface area contributed by atoms with Gasteiger partial charge in [-0.2, -0.15) is 0 Å². The lowest BCUT2D eigenvalue weighted by Gasteiger charge is -2.19. The standard InChI is InChI=1S/C15H24BrNO3S/c1-4-5-12(10-21(17,18)19)9-20-15-7-6-13(16)8-14(15)11(2)3/h6-8,11-12H,4-5,9-10H2,1-3H3,(H2,17,18,19). The van der Waals surface area contributed by atoms with Crippen molar-refractivity contribution >= 4 is 26.0 Å². The number of ether oxygens (including phenoxy) is 1. The van der Waals surface area contributed by atoms with Gasteiger partial charge in [0.15, 0.2) is 0 Å². The van der Waals surface area contributed by atoms with Gasteiger partial charge in [-0.3, -0.25) is 0 Å². The molecular weight excluding hydrogens is 354 g/mol. The Bertz CT molecular complexity index is 558. The first-order valence-electron chi connectivity index (χ1n) is 7.15. The monoisotopic (exact) mass is 377 g/mol. The van der Waals surface area contributed by atoms with Gasteiger partial charge in [-0.15, -0.1) is 0 Å². The van der Waals surface area contributed by atoms with Crippen LogP contribution in [0.2, 0.25) is 0 Å². The van der Waals surface area contributed by atoms with Crippen LogP contribution in [-0.4, -0.2) is 20.8 Å². The average molecular weight is 378 g/mol. The van der Waals surface area contributed by atoms with Gasteiger partial charge < -0.3 is 4.74 Å². The number of sulfonamides is 1. The molecule has 2 N–H and O–H groups in total. The Hall–Kier alpha value is -0.590. The van der Waals surface area contributed by atoms with Crippen LogP contribution in [0.4, 0.5) is 0 Å². The summed E-state index contributed by atoms with van der Waals surface area (Å²) in [6.07, 6.45) is 1.69. The van der Waals surface area contributed by atoms with Crippen molar-refractivity contribution in [3.05, 3.63) is 28.2 Å². The fourth-order valence-electron chi connectivity index (χ4n) is 2.26. The fourth-order valence-corrected chi connectivity index (χ4v) is 3.56. The van der Waals surface area contributed by atoms with Crippen LogP contribution in [0.25, 0.3) is 0 Å². The van der Waals surface area contributed by atoms with Crippen molar-refractivity contribution in [1.29, 1.82) is 0 Å². The Kier molecular flexibility index (Phi) is 7.16. The van der Waals surface area contributed by atoms with Crippen LogP contribution in [0, 0.1) is 5.92 Å². The zero-order valence-corrected chi connectivity index (χ0v) is 15.2. The Labute approximate surface area is 136 Å². The molecule has 1 unspecified atom stereocenters. The van der Waals surface area contributed by atoms with Gasteiger partial charge in [-0.05, 0) is 36.1 Å². The van der Waals surface area contributed by atoms with Crippen LogP contribution in [0.3, 0.4) is 0 Å². The molecule has 0 radical (unpaired) electrons. The second kappa shape index (κ2) is 8.15. The molecule has 0 amide bonds. The normalized spacial score (nSPS) is 13.4. The van der Waals surface area contributed by atoms with E-state index in [-0.39, 0.29) is 11.7 Å². The van der Waals surface area contributed by atoms with Crippen LogP contribution >= 0.6 is 15.9 Å². The summed E-state index contributed by atoms with van der Waals surface area (Å²) in [6, 6.07) is 5.88. The number of hydrogen-bond acceptors (Lipinski definition) is 3. The summed E-state index contributed by atoms with van der Waals surface area (Å²) >= 11 is 3.46. The van der Waals surface area contributed by atoms with E-state index in [2.05, 4.69) is 29.8 Å². The molecular formula is C15H24BrNO3S. The molecule has 0 aliphatic carbocycles. The van der Waals surface area contributed by atoms with Crippen molar-refractivity contribution in [1.82, 2.24) is 0 Å². The Balaban J connectivity index is 2.80. The minimum Gasteiger partial charge on any atom is -0.493 e. The first-order chi connectivity index (χ1) is 9.73. The molecule has 0 aromatic heterocycles. The minimum absolute atomic E-state index is 0.0334.